The van der Waals surface area contributed by atoms with Gasteiger partial charge in [0.2, 0.25) is 0 Å². The van der Waals surface area contributed by atoms with Gasteiger partial charge in [-0.3, -0.25) is 14.5 Å². The SMILES string of the molecule is O=C1C(Nc2cccc(F)c2)=C(c2ccc(Cl)cc2)C(=O)N1Cc1ccc(F)cc1. The van der Waals surface area contributed by atoms with E-state index < -0.39 is 23.4 Å². The summed E-state index contributed by atoms with van der Waals surface area (Å²) in [7, 11) is 0. The van der Waals surface area contributed by atoms with E-state index in [2.05, 4.69) is 5.32 Å². The second-order valence-electron chi connectivity index (χ2n) is 6.72. The van der Waals surface area contributed by atoms with Gasteiger partial charge < -0.3 is 5.32 Å². The Bertz CT molecular complexity index is 1160. The molecule has 2 amide bonds. The first-order valence-corrected chi connectivity index (χ1v) is 9.43. The Morgan fingerprint density at radius 1 is 0.833 bits per heavy atom. The molecule has 1 N–H and O–H groups in total. The highest BCUT2D eigenvalue weighted by Gasteiger charge is 2.39. The lowest BCUT2D eigenvalue weighted by atomic mass is 10.0. The Hall–Kier alpha value is -3.51. The molecule has 1 heterocycles. The van der Waals surface area contributed by atoms with Crippen LogP contribution in [0.2, 0.25) is 5.02 Å². The number of imide groups is 1. The van der Waals surface area contributed by atoms with Crippen LogP contribution in [0.1, 0.15) is 11.1 Å². The van der Waals surface area contributed by atoms with Crippen LogP contribution in [0.4, 0.5) is 14.5 Å². The zero-order valence-electron chi connectivity index (χ0n) is 15.5. The van der Waals surface area contributed by atoms with Crippen LogP contribution in [0.5, 0.6) is 0 Å². The van der Waals surface area contributed by atoms with Gasteiger partial charge in [0.1, 0.15) is 17.3 Å². The highest BCUT2D eigenvalue weighted by Crippen LogP contribution is 2.32. The van der Waals surface area contributed by atoms with Crippen molar-refractivity contribution in [1.29, 1.82) is 0 Å². The standard InChI is InChI=1S/C23H15ClF2N2O2/c24-16-8-6-15(7-9-16)20-21(27-19-3-1-2-18(26)12-19)23(30)28(22(20)29)13-14-4-10-17(25)11-5-14/h1-12,27H,13H2. The van der Waals surface area contributed by atoms with Crippen LogP contribution < -0.4 is 5.32 Å². The minimum Gasteiger partial charge on any atom is -0.350 e. The molecule has 30 heavy (non-hydrogen) atoms. The van der Waals surface area contributed by atoms with Crippen molar-refractivity contribution in [2.45, 2.75) is 6.54 Å². The maximum absolute atomic E-state index is 13.6. The lowest BCUT2D eigenvalue weighted by Gasteiger charge is -2.15. The van der Waals surface area contributed by atoms with Crippen molar-refractivity contribution in [2.24, 2.45) is 0 Å². The summed E-state index contributed by atoms with van der Waals surface area (Å²) < 4.78 is 26.8. The second kappa shape index (κ2) is 8.08. The van der Waals surface area contributed by atoms with Crippen LogP contribution in [0.25, 0.3) is 5.57 Å². The van der Waals surface area contributed by atoms with E-state index in [1.165, 1.54) is 42.5 Å². The van der Waals surface area contributed by atoms with Crippen molar-refractivity contribution < 1.29 is 18.4 Å². The highest BCUT2D eigenvalue weighted by atomic mass is 35.5. The summed E-state index contributed by atoms with van der Waals surface area (Å²) in [6.45, 7) is -0.0244. The topological polar surface area (TPSA) is 49.4 Å². The van der Waals surface area contributed by atoms with E-state index >= 15 is 0 Å². The first-order chi connectivity index (χ1) is 14.4. The number of nitrogens with zero attached hydrogens (tertiary/aromatic N) is 1. The zero-order valence-corrected chi connectivity index (χ0v) is 16.3. The minimum absolute atomic E-state index is 0.0244. The van der Waals surface area contributed by atoms with Crippen LogP contribution in [0, 0.1) is 11.6 Å². The third kappa shape index (κ3) is 3.95. The number of halogens is 3. The van der Waals surface area contributed by atoms with Crippen molar-refractivity contribution in [3.8, 4) is 0 Å². The van der Waals surface area contributed by atoms with Gasteiger partial charge in [-0.2, -0.15) is 0 Å². The van der Waals surface area contributed by atoms with Gasteiger partial charge in [0.25, 0.3) is 11.8 Å². The average molecular weight is 425 g/mol. The maximum Gasteiger partial charge on any atom is 0.278 e. The van der Waals surface area contributed by atoms with Gasteiger partial charge in [0, 0.05) is 10.7 Å². The van der Waals surface area contributed by atoms with E-state index in [0.717, 1.165) is 4.90 Å². The first kappa shape index (κ1) is 19.8. The van der Waals surface area contributed by atoms with Gasteiger partial charge in [0.15, 0.2) is 0 Å². The summed E-state index contributed by atoms with van der Waals surface area (Å²) in [5, 5.41) is 3.37. The molecule has 4 nitrogen and oxygen atoms in total. The summed E-state index contributed by atoms with van der Waals surface area (Å²) in [6.07, 6.45) is 0. The Morgan fingerprint density at radius 2 is 1.53 bits per heavy atom. The molecule has 150 valence electrons. The van der Waals surface area contributed by atoms with Gasteiger partial charge in [-0.1, -0.05) is 41.9 Å². The van der Waals surface area contributed by atoms with Crippen LogP contribution in [0.15, 0.2) is 78.5 Å². The minimum atomic E-state index is -0.557. The van der Waals surface area contributed by atoms with Crippen molar-refractivity contribution in [1.82, 2.24) is 4.90 Å². The smallest absolute Gasteiger partial charge is 0.278 e. The average Bonchev–Trinajstić information content (AvgIpc) is 2.95. The number of nitrogens with one attached hydrogen (secondary N) is 1. The maximum atomic E-state index is 13.6. The fraction of sp³-hybridized carbons (Fsp3) is 0.0435. The summed E-state index contributed by atoms with van der Waals surface area (Å²) in [5.41, 5.74) is 1.62. The number of hydrogen-bond acceptors (Lipinski definition) is 3. The van der Waals surface area contributed by atoms with Crippen molar-refractivity contribution in [3.63, 3.8) is 0 Å². The largest absolute Gasteiger partial charge is 0.350 e. The van der Waals surface area contributed by atoms with Gasteiger partial charge in [0.05, 0.1) is 12.1 Å². The molecular weight excluding hydrogens is 410 g/mol. The quantitative estimate of drug-likeness (QED) is 0.586. The molecule has 0 aliphatic carbocycles. The Morgan fingerprint density at radius 3 is 2.20 bits per heavy atom. The highest BCUT2D eigenvalue weighted by molar-refractivity contribution is 6.36. The molecule has 0 aromatic heterocycles. The number of anilines is 1. The molecule has 0 unspecified atom stereocenters. The van der Waals surface area contributed by atoms with E-state index in [9.17, 15) is 18.4 Å². The zero-order chi connectivity index (χ0) is 21.3. The number of amides is 2. The molecule has 1 aliphatic rings. The lowest BCUT2D eigenvalue weighted by molar-refractivity contribution is -0.137. The van der Waals surface area contributed by atoms with Gasteiger partial charge in [-0.15, -0.1) is 0 Å². The number of carbonyl (C=O) groups is 2. The molecule has 0 bridgehead atoms. The monoisotopic (exact) mass is 424 g/mol. The molecule has 0 fully saturated rings. The summed E-state index contributed by atoms with van der Waals surface area (Å²) in [4.78, 5) is 27.4. The predicted octanol–water partition coefficient (Wildman–Crippen LogP) is 5.01. The molecule has 3 aromatic rings. The van der Waals surface area contributed by atoms with Gasteiger partial charge >= 0.3 is 0 Å². The van der Waals surface area contributed by atoms with Crippen LogP contribution in [0.3, 0.4) is 0 Å². The van der Waals surface area contributed by atoms with Gasteiger partial charge in [-0.25, -0.2) is 8.78 Å². The molecule has 1 aliphatic heterocycles. The van der Waals surface area contributed by atoms with E-state index in [1.807, 2.05) is 0 Å². The number of rotatable bonds is 5. The van der Waals surface area contributed by atoms with Crippen LogP contribution in [-0.2, 0) is 16.1 Å². The Labute approximate surface area is 176 Å². The molecule has 0 spiro atoms. The normalized spacial score (nSPS) is 13.9. The molecule has 3 aromatic carbocycles. The summed E-state index contributed by atoms with van der Waals surface area (Å²) in [6, 6.07) is 17.6. The van der Waals surface area contributed by atoms with Gasteiger partial charge in [-0.05, 0) is 53.6 Å². The molecule has 0 saturated carbocycles. The van der Waals surface area contributed by atoms with Crippen molar-refractivity contribution in [2.75, 3.05) is 5.32 Å². The first-order valence-electron chi connectivity index (χ1n) is 9.06. The molecule has 7 heteroatoms. The molecule has 4 rings (SSSR count). The fourth-order valence-electron chi connectivity index (χ4n) is 3.20. The third-order valence-corrected chi connectivity index (χ3v) is 4.90. The van der Waals surface area contributed by atoms with Crippen LogP contribution >= 0.6 is 11.6 Å². The predicted molar refractivity (Wildman–Crippen MR) is 110 cm³/mol. The van der Waals surface area contributed by atoms with E-state index in [0.29, 0.717) is 21.8 Å². The fourth-order valence-corrected chi connectivity index (χ4v) is 3.33. The molecular formula is C23H15ClF2N2O2. The number of hydrogen-bond donors (Lipinski definition) is 1. The van der Waals surface area contributed by atoms with Crippen molar-refractivity contribution >= 4 is 34.7 Å². The van der Waals surface area contributed by atoms with E-state index in [1.54, 1.807) is 30.3 Å². The lowest BCUT2D eigenvalue weighted by Crippen LogP contribution is -2.32. The molecule has 0 saturated heterocycles. The summed E-state index contributed by atoms with van der Waals surface area (Å²) >= 11 is 5.95. The Balaban J connectivity index is 1.73. The van der Waals surface area contributed by atoms with Crippen LogP contribution in [-0.4, -0.2) is 16.7 Å². The van der Waals surface area contributed by atoms with Crippen molar-refractivity contribution in [3.05, 3.63) is 106 Å². The van der Waals surface area contributed by atoms with E-state index in [-0.39, 0.29) is 17.8 Å². The molecule has 0 atom stereocenters. The number of carbonyl (C=O) groups excluding carboxylic acids is 2. The third-order valence-electron chi connectivity index (χ3n) is 4.65. The number of benzene rings is 3. The summed E-state index contributed by atoms with van der Waals surface area (Å²) in [5.74, 6) is -1.95. The van der Waals surface area contributed by atoms with E-state index in [4.69, 9.17) is 11.6 Å². The second-order valence-corrected chi connectivity index (χ2v) is 7.15. The Kier molecular flexibility index (Phi) is 5.33. The molecule has 0 radical (unpaired) electrons.